The topological polar surface area (TPSA) is 0 Å². The molecule has 0 saturated heterocycles. The van der Waals surface area contributed by atoms with Crippen LogP contribution < -0.4 is 0 Å². The summed E-state index contributed by atoms with van der Waals surface area (Å²) in [7, 11) is 0. The van der Waals surface area contributed by atoms with E-state index < -0.39 is 0 Å². The van der Waals surface area contributed by atoms with E-state index in [0.29, 0.717) is 0 Å². The fourth-order valence-corrected chi connectivity index (χ4v) is 3.75. The van der Waals surface area contributed by atoms with E-state index in [1.807, 2.05) is 0 Å². The summed E-state index contributed by atoms with van der Waals surface area (Å²) in [5.74, 6) is 2.14. The van der Waals surface area contributed by atoms with E-state index >= 15 is 0 Å². The summed E-state index contributed by atoms with van der Waals surface area (Å²) >= 11 is 0. The van der Waals surface area contributed by atoms with Gasteiger partial charge >= 0.3 is 0 Å². The molecule has 76 valence electrons. The van der Waals surface area contributed by atoms with Gasteiger partial charge < -0.3 is 0 Å². The monoisotopic (exact) mass is 180 g/mol. The van der Waals surface area contributed by atoms with Crippen LogP contribution >= 0.6 is 0 Å². The minimum Gasteiger partial charge on any atom is -0.0654 e. The number of hydrogen-bond acceptors (Lipinski definition) is 0. The zero-order chi connectivity index (χ0) is 9.31. The van der Waals surface area contributed by atoms with E-state index in [4.69, 9.17) is 0 Å². The largest absolute Gasteiger partial charge is 0.0654 e. The van der Waals surface area contributed by atoms with Crippen LogP contribution in [0.25, 0.3) is 0 Å². The van der Waals surface area contributed by atoms with Crippen LogP contribution in [-0.2, 0) is 0 Å². The Morgan fingerprint density at radius 2 is 2.00 bits per heavy atom. The lowest BCUT2D eigenvalue weighted by Crippen LogP contribution is -2.23. The Hall–Kier alpha value is 0. The van der Waals surface area contributed by atoms with E-state index in [1.54, 1.807) is 32.1 Å². The summed E-state index contributed by atoms with van der Waals surface area (Å²) < 4.78 is 0. The average Bonchev–Trinajstić information content (AvgIpc) is 2.74. The van der Waals surface area contributed by atoms with Crippen molar-refractivity contribution in [3.05, 3.63) is 0 Å². The van der Waals surface area contributed by atoms with Gasteiger partial charge in [-0.25, -0.2) is 0 Å². The molecule has 2 fully saturated rings. The van der Waals surface area contributed by atoms with Crippen molar-refractivity contribution in [2.24, 2.45) is 17.3 Å². The maximum atomic E-state index is 2.52. The summed E-state index contributed by atoms with van der Waals surface area (Å²) in [4.78, 5) is 0. The Morgan fingerprint density at radius 3 is 2.46 bits per heavy atom. The first-order valence-corrected chi connectivity index (χ1v) is 6.27. The summed E-state index contributed by atoms with van der Waals surface area (Å²) in [6.45, 7) is 4.83. The molecule has 0 aromatic carbocycles. The van der Waals surface area contributed by atoms with E-state index in [9.17, 15) is 0 Å². The second-order valence-corrected chi connectivity index (χ2v) is 5.55. The molecule has 0 amide bonds. The van der Waals surface area contributed by atoms with Crippen LogP contribution in [-0.4, -0.2) is 0 Å². The minimum atomic E-state index is 0.819. The van der Waals surface area contributed by atoms with Gasteiger partial charge in [0.1, 0.15) is 0 Å². The van der Waals surface area contributed by atoms with Crippen LogP contribution in [0.15, 0.2) is 0 Å². The van der Waals surface area contributed by atoms with Gasteiger partial charge in [-0.15, -0.1) is 0 Å². The quantitative estimate of drug-likeness (QED) is 0.602. The van der Waals surface area contributed by atoms with E-state index in [-0.39, 0.29) is 0 Å². The molecule has 2 saturated carbocycles. The molecule has 0 N–H and O–H groups in total. The number of hydrogen-bond donors (Lipinski definition) is 0. The smallest absolute Gasteiger partial charge is 0.0269 e. The van der Waals surface area contributed by atoms with Crippen molar-refractivity contribution in [1.29, 1.82) is 0 Å². The third-order valence-electron chi connectivity index (χ3n) is 4.83. The van der Waals surface area contributed by atoms with Gasteiger partial charge in [-0.2, -0.15) is 0 Å². The molecule has 1 unspecified atom stereocenters. The predicted octanol–water partition coefficient (Wildman–Crippen LogP) is 4.39. The molecule has 2 aliphatic rings. The Morgan fingerprint density at radius 1 is 1.31 bits per heavy atom. The van der Waals surface area contributed by atoms with Crippen molar-refractivity contribution in [2.45, 2.75) is 65.2 Å². The van der Waals surface area contributed by atoms with E-state index in [1.165, 1.54) is 19.3 Å². The first-order chi connectivity index (χ1) is 6.27. The summed E-state index contributed by atoms with van der Waals surface area (Å²) in [6.07, 6.45) is 12.1. The van der Waals surface area contributed by atoms with Crippen LogP contribution in [0, 0.1) is 17.3 Å². The highest BCUT2D eigenvalue weighted by Gasteiger charge is 2.47. The maximum absolute atomic E-state index is 2.52. The van der Waals surface area contributed by atoms with Gasteiger partial charge in [0.15, 0.2) is 0 Å². The Kier molecular flexibility index (Phi) is 2.67. The van der Waals surface area contributed by atoms with Gasteiger partial charge in [0.25, 0.3) is 0 Å². The molecule has 1 atom stereocenters. The fraction of sp³-hybridized carbons (Fsp3) is 1.00. The van der Waals surface area contributed by atoms with Gasteiger partial charge in [0.05, 0.1) is 0 Å². The molecular weight excluding hydrogens is 156 g/mol. The van der Waals surface area contributed by atoms with Crippen LogP contribution in [0.1, 0.15) is 65.2 Å². The van der Waals surface area contributed by atoms with E-state index in [0.717, 1.165) is 17.3 Å². The molecule has 2 rings (SSSR count). The zero-order valence-electron chi connectivity index (χ0n) is 9.31. The summed E-state index contributed by atoms with van der Waals surface area (Å²) in [5.41, 5.74) is 0.819. The van der Waals surface area contributed by atoms with Crippen LogP contribution in [0.3, 0.4) is 0 Å². The number of rotatable bonds is 4. The fourth-order valence-electron chi connectivity index (χ4n) is 3.75. The Bertz CT molecular complexity index is 163. The lowest BCUT2D eigenvalue weighted by molar-refractivity contribution is 0.171. The Labute approximate surface area is 83.1 Å². The first-order valence-electron chi connectivity index (χ1n) is 6.27. The highest BCUT2D eigenvalue weighted by molar-refractivity contribution is 4.98. The van der Waals surface area contributed by atoms with Gasteiger partial charge in [-0.05, 0) is 49.4 Å². The molecule has 0 spiro atoms. The molecule has 0 radical (unpaired) electrons. The SMILES string of the molecule is CCCCC(C)C12CCC(CC1)C2. The van der Waals surface area contributed by atoms with Gasteiger partial charge in [-0.1, -0.05) is 33.1 Å². The lowest BCUT2D eigenvalue weighted by Gasteiger charge is -2.33. The van der Waals surface area contributed by atoms with Crippen molar-refractivity contribution in [2.75, 3.05) is 0 Å². The van der Waals surface area contributed by atoms with Crippen molar-refractivity contribution >= 4 is 0 Å². The van der Waals surface area contributed by atoms with Crippen molar-refractivity contribution < 1.29 is 0 Å². The zero-order valence-corrected chi connectivity index (χ0v) is 9.31. The van der Waals surface area contributed by atoms with Gasteiger partial charge in [0.2, 0.25) is 0 Å². The van der Waals surface area contributed by atoms with Gasteiger partial charge in [0, 0.05) is 0 Å². The molecule has 0 aromatic rings. The lowest BCUT2D eigenvalue weighted by atomic mass is 9.72. The highest BCUT2D eigenvalue weighted by Crippen LogP contribution is 2.58. The van der Waals surface area contributed by atoms with Crippen molar-refractivity contribution in [3.63, 3.8) is 0 Å². The third-order valence-corrected chi connectivity index (χ3v) is 4.83. The summed E-state index contributed by atoms with van der Waals surface area (Å²) in [6, 6.07) is 0. The van der Waals surface area contributed by atoms with Crippen molar-refractivity contribution in [1.82, 2.24) is 0 Å². The molecule has 0 heteroatoms. The molecule has 13 heavy (non-hydrogen) atoms. The second kappa shape index (κ2) is 3.63. The molecule has 2 bridgehead atoms. The molecule has 0 nitrogen and oxygen atoms in total. The van der Waals surface area contributed by atoms with Crippen molar-refractivity contribution in [3.8, 4) is 0 Å². The average molecular weight is 180 g/mol. The standard InChI is InChI=1S/C13H24/c1-3-4-5-11(2)13-8-6-12(10-13)7-9-13/h11-12H,3-10H2,1-2H3. The first kappa shape index (κ1) is 9.55. The second-order valence-electron chi connectivity index (χ2n) is 5.55. The van der Waals surface area contributed by atoms with Crippen LogP contribution in [0.2, 0.25) is 0 Å². The van der Waals surface area contributed by atoms with Crippen LogP contribution in [0.4, 0.5) is 0 Å². The van der Waals surface area contributed by atoms with E-state index in [2.05, 4.69) is 13.8 Å². The predicted molar refractivity (Wildman–Crippen MR) is 57.7 cm³/mol. The molecule has 0 aromatic heterocycles. The number of fused-ring (bicyclic) bond motifs is 2. The molecule has 2 aliphatic carbocycles. The third kappa shape index (κ3) is 1.65. The van der Waals surface area contributed by atoms with Crippen LogP contribution in [0.5, 0.6) is 0 Å². The van der Waals surface area contributed by atoms with Gasteiger partial charge in [-0.3, -0.25) is 0 Å². The molecular formula is C13H24. The Balaban J connectivity index is 1.91. The summed E-state index contributed by atoms with van der Waals surface area (Å²) in [5, 5.41) is 0. The highest BCUT2D eigenvalue weighted by atomic mass is 14.5. The normalized spacial score (nSPS) is 39.7. The molecule has 0 heterocycles. The minimum absolute atomic E-state index is 0.819. The number of unbranched alkanes of at least 4 members (excludes halogenated alkanes) is 1. The molecule has 0 aliphatic heterocycles. The maximum Gasteiger partial charge on any atom is -0.0269 e.